The summed E-state index contributed by atoms with van der Waals surface area (Å²) in [5.41, 5.74) is 1.08. The van der Waals surface area contributed by atoms with Crippen LogP contribution >= 0.6 is 22.9 Å². The lowest BCUT2D eigenvalue weighted by atomic mass is 10.2. The Morgan fingerprint density at radius 3 is 3.06 bits per heavy atom. The highest BCUT2D eigenvalue weighted by Gasteiger charge is 2.13. The number of hydrogen-bond acceptors (Lipinski definition) is 3. The van der Waals surface area contributed by atoms with Gasteiger partial charge in [-0.1, -0.05) is 6.92 Å². The van der Waals surface area contributed by atoms with Crippen molar-refractivity contribution in [2.45, 2.75) is 18.7 Å². The quantitative estimate of drug-likeness (QED) is 0.798. The molecule has 1 atom stereocenters. The zero-order chi connectivity index (χ0) is 12.0. The molecule has 1 amide bonds. The average molecular weight is 262 g/mol. The maximum absolute atomic E-state index is 11.8. The average Bonchev–Trinajstić information content (AvgIpc) is 2.74. The van der Waals surface area contributed by atoms with Crippen LogP contribution in [0.4, 0.5) is 0 Å². The van der Waals surface area contributed by atoms with Crippen molar-refractivity contribution in [1.29, 1.82) is 0 Å². The summed E-state index contributed by atoms with van der Waals surface area (Å²) >= 11 is 7.38. The van der Waals surface area contributed by atoms with Crippen LogP contribution in [0.2, 0.25) is 0 Å². The number of methoxy groups -OCH3 is 1. The molecule has 0 aliphatic rings. The summed E-state index contributed by atoms with van der Waals surface area (Å²) in [6.45, 7) is 2.90. The van der Waals surface area contributed by atoms with Crippen molar-refractivity contribution in [3.8, 4) is 0 Å². The predicted molar refractivity (Wildman–Crippen MR) is 67.5 cm³/mol. The Kier molecular flexibility index (Phi) is 5.80. The summed E-state index contributed by atoms with van der Waals surface area (Å²) < 4.78 is 4.89. The lowest BCUT2D eigenvalue weighted by Crippen LogP contribution is -2.31. The number of amides is 1. The summed E-state index contributed by atoms with van der Waals surface area (Å²) in [6, 6.07) is 1.98. The Balaban J connectivity index is 2.46. The van der Waals surface area contributed by atoms with Gasteiger partial charge in [0.05, 0.1) is 16.9 Å². The van der Waals surface area contributed by atoms with Crippen LogP contribution in [-0.2, 0) is 11.2 Å². The number of ether oxygens (including phenoxy) is 1. The molecule has 0 aromatic carbocycles. The molecule has 1 aromatic heterocycles. The van der Waals surface area contributed by atoms with Gasteiger partial charge < -0.3 is 10.1 Å². The molecule has 16 heavy (non-hydrogen) atoms. The molecule has 1 aromatic rings. The monoisotopic (exact) mass is 261 g/mol. The number of aryl methyl sites for hydroxylation is 1. The molecule has 0 radical (unpaired) electrons. The van der Waals surface area contributed by atoms with Crippen LogP contribution in [0.5, 0.6) is 0 Å². The van der Waals surface area contributed by atoms with Crippen LogP contribution in [0.15, 0.2) is 11.4 Å². The number of rotatable bonds is 6. The number of alkyl halides is 1. The normalized spacial score (nSPS) is 12.4. The van der Waals surface area contributed by atoms with Gasteiger partial charge in [0, 0.05) is 13.7 Å². The van der Waals surface area contributed by atoms with Gasteiger partial charge in [-0.15, -0.1) is 22.9 Å². The zero-order valence-electron chi connectivity index (χ0n) is 9.46. The summed E-state index contributed by atoms with van der Waals surface area (Å²) in [5, 5.41) is 4.55. The number of thiophene rings is 1. The van der Waals surface area contributed by atoms with Gasteiger partial charge in [-0.3, -0.25) is 4.79 Å². The third-order valence-corrected chi connectivity index (χ3v) is 3.40. The lowest BCUT2D eigenvalue weighted by Gasteiger charge is -2.09. The van der Waals surface area contributed by atoms with Crippen molar-refractivity contribution in [2.24, 2.45) is 0 Å². The molecule has 0 bridgehead atoms. The van der Waals surface area contributed by atoms with Gasteiger partial charge in [0.15, 0.2) is 0 Å². The second-order valence-electron chi connectivity index (χ2n) is 3.39. The van der Waals surface area contributed by atoms with E-state index >= 15 is 0 Å². The standard InChI is InChI=1S/C11H16ClNO2S/c1-3-8-4-5-16-10(8)11(14)13-6-9(12)7-15-2/h4-5,9H,3,6-7H2,1-2H3,(H,13,14). The second kappa shape index (κ2) is 6.89. The molecule has 5 heteroatoms. The molecule has 1 N–H and O–H groups in total. The van der Waals surface area contributed by atoms with Crippen molar-refractivity contribution in [2.75, 3.05) is 20.3 Å². The molecule has 0 saturated carbocycles. The number of carbonyl (C=O) groups excluding carboxylic acids is 1. The molecular weight excluding hydrogens is 246 g/mol. The van der Waals surface area contributed by atoms with Gasteiger partial charge >= 0.3 is 0 Å². The third-order valence-electron chi connectivity index (χ3n) is 2.17. The second-order valence-corrected chi connectivity index (χ2v) is 4.92. The Hall–Kier alpha value is -0.580. The van der Waals surface area contributed by atoms with Crippen LogP contribution < -0.4 is 5.32 Å². The van der Waals surface area contributed by atoms with E-state index in [1.807, 2.05) is 18.4 Å². The molecule has 1 rings (SSSR count). The molecule has 0 fully saturated rings. The Morgan fingerprint density at radius 2 is 2.44 bits per heavy atom. The van der Waals surface area contributed by atoms with Gasteiger partial charge in [-0.2, -0.15) is 0 Å². The van der Waals surface area contributed by atoms with Crippen molar-refractivity contribution < 1.29 is 9.53 Å². The number of hydrogen-bond donors (Lipinski definition) is 1. The van der Waals surface area contributed by atoms with E-state index in [1.54, 1.807) is 7.11 Å². The van der Waals surface area contributed by atoms with Gasteiger partial charge in [0.1, 0.15) is 0 Å². The molecule has 1 unspecified atom stereocenters. The number of nitrogens with one attached hydrogen (secondary N) is 1. The molecule has 0 spiro atoms. The summed E-state index contributed by atoms with van der Waals surface area (Å²) in [4.78, 5) is 12.6. The van der Waals surface area contributed by atoms with E-state index in [0.717, 1.165) is 16.9 Å². The van der Waals surface area contributed by atoms with Gasteiger partial charge in [-0.25, -0.2) is 0 Å². The van der Waals surface area contributed by atoms with E-state index in [1.165, 1.54) is 11.3 Å². The Labute approximate surface area is 105 Å². The molecule has 90 valence electrons. The SMILES string of the molecule is CCc1ccsc1C(=O)NCC(Cl)COC. The van der Waals surface area contributed by atoms with Crippen molar-refractivity contribution in [3.63, 3.8) is 0 Å². The molecule has 0 aliphatic carbocycles. The molecule has 3 nitrogen and oxygen atoms in total. The fraction of sp³-hybridized carbons (Fsp3) is 0.545. The van der Waals surface area contributed by atoms with Crippen LogP contribution in [0.1, 0.15) is 22.2 Å². The third kappa shape index (κ3) is 3.77. The lowest BCUT2D eigenvalue weighted by molar-refractivity contribution is 0.0952. The highest BCUT2D eigenvalue weighted by Crippen LogP contribution is 2.17. The minimum Gasteiger partial charge on any atom is -0.383 e. The largest absolute Gasteiger partial charge is 0.383 e. The fourth-order valence-electron chi connectivity index (χ4n) is 1.34. The van der Waals surface area contributed by atoms with Crippen LogP contribution in [0, 0.1) is 0 Å². The van der Waals surface area contributed by atoms with E-state index in [-0.39, 0.29) is 11.3 Å². The first-order valence-electron chi connectivity index (χ1n) is 5.16. The Morgan fingerprint density at radius 1 is 1.69 bits per heavy atom. The van der Waals surface area contributed by atoms with Gasteiger partial charge in [0.25, 0.3) is 5.91 Å². The minimum absolute atomic E-state index is 0.0476. The summed E-state index contributed by atoms with van der Waals surface area (Å²) in [6.07, 6.45) is 0.870. The number of halogens is 1. The van der Waals surface area contributed by atoms with Crippen molar-refractivity contribution >= 4 is 28.8 Å². The predicted octanol–water partition coefficient (Wildman–Crippen LogP) is 2.29. The van der Waals surface area contributed by atoms with E-state index in [0.29, 0.717) is 13.2 Å². The number of carbonyl (C=O) groups is 1. The fourth-order valence-corrected chi connectivity index (χ4v) is 2.45. The zero-order valence-corrected chi connectivity index (χ0v) is 11.0. The van der Waals surface area contributed by atoms with E-state index < -0.39 is 0 Å². The highest BCUT2D eigenvalue weighted by atomic mass is 35.5. The van der Waals surface area contributed by atoms with Crippen LogP contribution in [0.3, 0.4) is 0 Å². The molecular formula is C11H16ClNO2S. The first-order valence-corrected chi connectivity index (χ1v) is 6.48. The first-order chi connectivity index (χ1) is 7.69. The summed E-state index contributed by atoms with van der Waals surface area (Å²) in [5.74, 6) is -0.0476. The highest BCUT2D eigenvalue weighted by molar-refractivity contribution is 7.12. The van der Waals surface area contributed by atoms with E-state index in [2.05, 4.69) is 5.32 Å². The minimum atomic E-state index is -0.181. The Bertz CT molecular complexity index is 340. The maximum atomic E-state index is 11.8. The molecule has 0 aliphatic heterocycles. The van der Waals surface area contributed by atoms with Crippen molar-refractivity contribution in [3.05, 3.63) is 21.9 Å². The molecule has 1 heterocycles. The topological polar surface area (TPSA) is 38.3 Å². The van der Waals surface area contributed by atoms with Crippen molar-refractivity contribution in [1.82, 2.24) is 5.32 Å². The van der Waals surface area contributed by atoms with Crippen LogP contribution in [-0.4, -0.2) is 31.5 Å². The molecule has 0 saturated heterocycles. The van der Waals surface area contributed by atoms with Crippen LogP contribution in [0.25, 0.3) is 0 Å². The van der Waals surface area contributed by atoms with Gasteiger partial charge in [-0.05, 0) is 23.4 Å². The smallest absolute Gasteiger partial charge is 0.261 e. The van der Waals surface area contributed by atoms with E-state index in [9.17, 15) is 4.79 Å². The first kappa shape index (κ1) is 13.5. The van der Waals surface area contributed by atoms with E-state index in [4.69, 9.17) is 16.3 Å². The maximum Gasteiger partial charge on any atom is 0.261 e. The summed E-state index contributed by atoms with van der Waals surface area (Å²) in [7, 11) is 1.59. The van der Waals surface area contributed by atoms with Gasteiger partial charge in [0.2, 0.25) is 0 Å².